The average molecular weight is 326 g/mol. The highest BCUT2D eigenvalue weighted by atomic mass is 35.5. The molecule has 0 radical (unpaired) electrons. The monoisotopic (exact) mass is 325 g/mol. The van der Waals surface area contributed by atoms with E-state index >= 15 is 0 Å². The van der Waals surface area contributed by atoms with E-state index in [-0.39, 0.29) is 5.24 Å². The van der Waals surface area contributed by atoms with Crippen LogP contribution in [-0.2, 0) is 5.75 Å². The molecule has 104 valence electrons. The SMILES string of the molecule is Cc1ccc(NC(=O)SCc2ccc(Cl)cc2)c(Cl)c1. The highest BCUT2D eigenvalue weighted by molar-refractivity contribution is 8.13. The van der Waals surface area contributed by atoms with Gasteiger partial charge in [-0.3, -0.25) is 4.79 Å². The quantitative estimate of drug-likeness (QED) is 0.776. The molecule has 0 heterocycles. The van der Waals surface area contributed by atoms with Crippen LogP contribution in [-0.4, -0.2) is 5.24 Å². The summed E-state index contributed by atoms with van der Waals surface area (Å²) in [5.74, 6) is 0.590. The van der Waals surface area contributed by atoms with E-state index in [1.807, 2.05) is 43.3 Å². The van der Waals surface area contributed by atoms with Crippen molar-refractivity contribution in [3.05, 3.63) is 63.6 Å². The van der Waals surface area contributed by atoms with Crippen molar-refractivity contribution in [1.82, 2.24) is 0 Å². The molecule has 0 unspecified atom stereocenters. The number of nitrogens with one attached hydrogen (secondary N) is 1. The lowest BCUT2D eigenvalue weighted by Gasteiger charge is -2.07. The van der Waals surface area contributed by atoms with Crippen LogP contribution in [0.2, 0.25) is 10.0 Å². The van der Waals surface area contributed by atoms with Crippen molar-refractivity contribution in [2.75, 3.05) is 5.32 Å². The molecule has 0 aliphatic heterocycles. The second-order valence-corrected chi connectivity index (χ2v) is 6.10. The van der Waals surface area contributed by atoms with Gasteiger partial charge < -0.3 is 5.32 Å². The molecule has 0 spiro atoms. The van der Waals surface area contributed by atoms with Gasteiger partial charge in [0.2, 0.25) is 0 Å². The fourth-order valence-electron chi connectivity index (χ4n) is 1.60. The van der Waals surface area contributed by atoms with E-state index in [1.54, 1.807) is 6.07 Å². The van der Waals surface area contributed by atoms with Gasteiger partial charge in [0.25, 0.3) is 5.24 Å². The van der Waals surface area contributed by atoms with Gasteiger partial charge in [0, 0.05) is 10.8 Å². The first-order chi connectivity index (χ1) is 9.54. The Morgan fingerprint density at radius 1 is 1.15 bits per heavy atom. The van der Waals surface area contributed by atoms with Gasteiger partial charge >= 0.3 is 0 Å². The molecule has 0 saturated heterocycles. The molecule has 0 atom stereocenters. The van der Waals surface area contributed by atoms with Gasteiger partial charge in [-0.2, -0.15) is 0 Å². The minimum atomic E-state index is -0.134. The number of carbonyl (C=O) groups is 1. The molecule has 2 aromatic rings. The highest BCUT2D eigenvalue weighted by Gasteiger charge is 2.07. The molecule has 0 bridgehead atoms. The van der Waals surface area contributed by atoms with Crippen LogP contribution < -0.4 is 5.32 Å². The summed E-state index contributed by atoms with van der Waals surface area (Å²) in [5, 5.41) is 3.89. The Hall–Kier alpha value is -1.16. The van der Waals surface area contributed by atoms with Crippen LogP contribution in [0.4, 0.5) is 10.5 Å². The molecule has 2 aromatic carbocycles. The van der Waals surface area contributed by atoms with Crippen molar-refractivity contribution in [3.8, 4) is 0 Å². The predicted octanol–water partition coefficient (Wildman–Crippen LogP) is 5.77. The lowest BCUT2D eigenvalue weighted by molar-refractivity contribution is 0.269. The number of benzene rings is 2. The van der Waals surface area contributed by atoms with E-state index in [0.29, 0.717) is 21.5 Å². The second-order valence-electron chi connectivity index (χ2n) is 4.31. The van der Waals surface area contributed by atoms with Crippen molar-refractivity contribution in [2.24, 2.45) is 0 Å². The number of halogens is 2. The van der Waals surface area contributed by atoms with E-state index in [2.05, 4.69) is 5.32 Å². The Bertz CT molecular complexity index is 614. The van der Waals surface area contributed by atoms with Gasteiger partial charge in [-0.25, -0.2) is 0 Å². The molecule has 0 saturated carbocycles. The van der Waals surface area contributed by atoms with Crippen LogP contribution in [0.5, 0.6) is 0 Å². The maximum Gasteiger partial charge on any atom is 0.283 e. The minimum Gasteiger partial charge on any atom is -0.315 e. The number of hydrogen-bond donors (Lipinski definition) is 1. The highest BCUT2D eigenvalue weighted by Crippen LogP contribution is 2.25. The molecule has 20 heavy (non-hydrogen) atoms. The van der Waals surface area contributed by atoms with Gasteiger partial charge in [-0.1, -0.05) is 53.2 Å². The molecule has 0 aliphatic rings. The number of hydrogen-bond acceptors (Lipinski definition) is 2. The third-order valence-corrected chi connectivity index (χ3v) is 4.05. The zero-order valence-electron chi connectivity index (χ0n) is 10.8. The number of carbonyl (C=O) groups excluding carboxylic acids is 1. The van der Waals surface area contributed by atoms with Crippen molar-refractivity contribution in [2.45, 2.75) is 12.7 Å². The number of thioether (sulfide) groups is 1. The first kappa shape index (κ1) is 15.2. The van der Waals surface area contributed by atoms with Gasteiger partial charge in [-0.05, 0) is 42.3 Å². The number of rotatable bonds is 3. The molecular formula is C15H13Cl2NOS. The minimum absolute atomic E-state index is 0.134. The predicted molar refractivity (Wildman–Crippen MR) is 88.0 cm³/mol. The summed E-state index contributed by atoms with van der Waals surface area (Å²) in [6.45, 7) is 1.95. The molecule has 2 nitrogen and oxygen atoms in total. The second kappa shape index (κ2) is 7.02. The molecular weight excluding hydrogens is 313 g/mol. The van der Waals surface area contributed by atoms with Crippen LogP contribution in [0.1, 0.15) is 11.1 Å². The smallest absolute Gasteiger partial charge is 0.283 e. The topological polar surface area (TPSA) is 29.1 Å². The van der Waals surface area contributed by atoms with E-state index in [1.165, 1.54) is 11.8 Å². The fourth-order valence-corrected chi connectivity index (χ4v) is 2.68. The number of anilines is 1. The summed E-state index contributed by atoms with van der Waals surface area (Å²) >= 11 is 13.1. The Labute approximate surface area is 132 Å². The molecule has 0 aliphatic carbocycles. The van der Waals surface area contributed by atoms with Gasteiger partial charge in [0.1, 0.15) is 0 Å². The van der Waals surface area contributed by atoms with E-state index in [4.69, 9.17) is 23.2 Å². The Balaban J connectivity index is 1.90. The van der Waals surface area contributed by atoms with E-state index < -0.39 is 0 Å². The lowest BCUT2D eigenvalue weighted by Crippen LogP contribution is -2.05. The maximum absolute atomic E-state index is 11.9. The van der Waals surface area contributed by atoms with Crippen LogP contribution in [0.25, 0.3) is 0 Å². The van der Waals surface area contributed by atoms with Crippen molar-refractivity contribution < 1.29 is 4.79 Å². The van der Waals surface area contributed by atoms with Crippen LogP contribution in [0, 0.1) is 6.92 Å². The maximum atomic E-state index is 11.9. The van der Waals surface area contributed by atoms with Gasteiger partial charge in [0.05, 0.1) is 10.7 Å². The first-order valence-corrected chi connectivity index (χ1v) is 7.73. The van der Waals surface area contributed by atoms with E-state index in [9.17, 15) is 4.79 Å². The number of aryl methyl sites for hydroxylation is 1. The Kier molecular flexibility index (Phi) is 5.35. The first-order valence-electron chi connectivity index (χ1n) is 5.99. The molecule has 2 rings (SSSR count). The Morgan fingerprint density at radius 2 is 1.85 bits per heavy atom. The summed E-state index contributed by atoms with van der Waals surface area (Å²) in [6, 6.07) is 13.0. The van der Waals surface area contributed by atoms with Crippen LogP contribution in [0.15, 0.2) is 42.5 Å². The average Bonchev–Trinajstić information content (AvgIpc) is 2.41. The normalized spacial score (nSPS) is 10.3. The lowest BCUT2D eigenvalue weighted by atomic mass is 10.2. The van der Waals surface area contributed by atoms with Gasteiger partial charge in [-0.15, -0.1) is 0 Å². The van der Waals surface area contributed by atoms with Crippen molar-refractivity contribution in [3.63, 3.8) is 0 Å². The Morgan fingerprint density at radius 3 is 2.50 bits per heavy atom. The zero-order valence-corrected chi connectivity index (χ0v) is 13.1. The van der Waals surface area contributed by atoms with Crippen LogP contribution in [0.3, 0.4) is 0 Å². The summed E-state index contributed by atoms with van der Waals surface area (Å²) in [4.78, 5) is 11.9. The zero-order chi connectivity index (χ0) is 14.5. The summed E-state index contributed by atoms with van der Waals surface area (Å²) in [5.41, 5.74) is 2.73. The summed E-state index contributed by atoms with van der Waals surface area (Å²) in [7, 11) is 0. The number of amides is 1. The van der Waals surface area contributed by atoms with Gasteiger partial charge in [0.15, 0.2) is 0 Å². The molecule has 0 aromatic heterocycles. The summed E-state index contributed by atoms with van der Waals surface area (Å²) < 4.78 is 0. The van der Waals surface area contributed by atoms with Crippen molar-refractivity contribution >= 4 is 45.9 Å². The fraction of sp³-hybridized carbons (Fsp3) is 0.133. The third-order valence-electron chi connectivity index (χ3n) is 2.64. The van der Waals surface area contributed by atoms with Crippen LogP contribution >= 0.6 is 35.0 Å². The standard InChI is InChI=1S/C15H13Cl2NOS/c1-10-2-7-14(13(17)8-10)18-15(19)20-9-11-3-5-12(16)6-4-11/h2-8H,9H2,1H3,(H,18,19). The molecule has 1 N–H and O–H groups in total. The molecule has 0 fully saturated rings. The summed E-state index contributed by atoms with van der Waals surface area (Å²) in [6.07, 6.45) is 0. The molecule has 5 heteroatoms. The van der Waals surface area contributed by atoms with E-state index in [0.717, 1.165) is 11.1 Å². The van der Waals surface area contributed by atoms with Crippen molar-refractivity contribution in [1.29, 1.82) is 0 Å². The third kappa shape index (κ3) is 4.44. The largest absolute Gasteiger partial charge is 0.315 e. The molecule has 1 amide bonds.